The summed E-state index contributed by atoms with van der Waals surface area (Å²) in [5, 5.41) is 3.47. The summed E-state index contributed by atoms with van der Waals surface area (Å²) in [5.74, 6) is 0.476. The number of aryl methyl sites for hydroxylation is 2. The Labute approximate surface area is 121 Å². The van der Waals surface area contributed by atoms with Gasteiger partial charge in [0.1, 0.15) is 0 Å². The minimum atomic E-state index is -3.34. The Kier molecular flexibility index (Phi) is 3.60. The zero-order valence-electron chi connectivity index (χ0n) is 12.1. The van der Waals surface area contributed by atoms with Crippen LogP contribution in [0.2, 0.25) is 0 Å². The Morgan fingerprint density at radius 2 is 2.05 bits per heavy atom. The summed E-state index contributed by atoms with van der Waals surface area (Å²) < 4.78 is 27.3. The third-order valence-electron chi connectivity index (χ3n) is 4.57. The number of hydrogen-bond donors (Lipinski definition) is 1. The van der Waals surface area contributed by atoms with E-state index >= 15 is 0 Å². The number of hydrogen-bond acceptors (Lipinski definition) is 3. The predicted molar refractivity (Wildman–Crippen MR) is 79.2 cm³/mol. The predicted octanol–water partition coefficient (Wildman–Crippen LogP) is 1.68. The van der Waals surface area contributed by atoms with Crippen molar-refractivity contribution in [3.05, 3.63) is 29.3 Å². The molecule has 0 amide bonds. The van der Waals surface area contributed by atoms with Crippen LogP contribution in [-0.4, -0.2) is 38.4 Å². The van der Waals surface area contributed by atoms with Crippen LogP contribution in [0.5, 0.6) is 0 Å². The fraction of sp³-hybridized carbons (Fsp3) is 0.600. The molecular formula is C15H22N2O2S. The summed E-state index contributed by atoms with van der Waals surface area (Å²) in [6, 6.07) is 6.08. The maximum Gasteiger partial charge on any atom is 0.243 e. The summed E-state index contributed by atoms with van der Waals surface area (Å²) in [4.78, 5) is 0.465. The Hall–Kier alpha value is -0.910. The van der Waals surface area contributed by atoms with Crippen molar-refractivity contribution in [1.82, 2.24) is 9.62 Å². The zero-order chi connectivity index (χ0) is 14.3. The highest BCUT2D eigenvalue weighted by molar-refractivity contribution is 7.89. The molecule has 1 N–H and O–H groups in total. The molecule has 2 saturated heterocycles. The minimum absolute atomic E-state index is 0.465. The second-order valence-corrected chi connectivity index (χ2v) is 7.94. The molecule has 110 valence electrons. The van der Waals surface area contributed by atoms with Crippen molar-refractivity contribution in [2.45, 2.75) is 37.6 Å². The summed E-state index contributed by atoms with van der Waals surface area (Å²) >= 11 is 0. The number of piperidine rings is 1. The fourth-order valence-electron chi connectivity index (χ4n) is 3.46. The van der Waals surface area contributed by atoms with E-state index in [0.29, 0.717) is 29.9 Å². The largest absolute Gasteiger partial charge is 0.314 e. The Bertz CT molecular complexity index is 612. The Morgan fingerprint density at radius 1 is 1.25 bits per heavy atom. The van der Waals surface area contributed by atoms with E-state index in [2.05, 4.69) is 5.32 Å². The molecule has 4 nitrogen and oxygen atoms in total. The molecule has 0 saturated carbocycles. The normalized spacial score (nSPS) is 27.5. The van der Waals surface area contributed by atoms with E-state index in [4.69, 9.17) is 0 Å². The molecule has 0 spiro atoms. The highest BCUT2D eigenvalue weighted by Crippen LogP contribution is 2.29. The summed E-state index contributed by atoms with van der Waals surface area (Å²) in [7, 11) is -3.34. The zero-order valence-corrected chi connectivity index (χ0v) is 12.9. The molecule has 20 heavy (non-hydrogen) atoms. The van der Waals surface area contributed by atoms with E-state index in [1.165, 1.54) is 0 Å². The first-order valence-electron chi connectivity index (χ1n) is 7.29. The van der Waals surface area contributed by atoms with Gasteiger partial charge in [-0.05, 0) is 50.8 Å². The molecule has 2 atom stereocenters. The van der Waals surface area contributed by atoms with E-state index in [0.717, 1.165) is 30.5 Å². The van der Waals surface area contributed by atoms with Crippen molar-refractivity contribution in [2.24, 2.45) is 5.92 Å². The lowest BCUT2D eigenvalue weighted by atomic mass is 9.95. The molecule has 0 aliphatic carbocycles. The lowest BCUT2D eigenvalue weighted by Gasteiger charge is -2.34. The lowest BCUT2D eigenvalue weighted by molar-refractivity contribution is 0.247. The highest BCUT2D eigenvalue weighted by atomic mass is 32.2. The number of nitrogens with one attached hydrogen (secondary N) is 1. The van der Waals surface area contributed by atoms with E-state index in [1.807, 2.05) is 26.0 Å². The van der Waals surface area contributed by atoms with Crippen LogP contribution in [0.3, 0.4) is 0 Å². The molecule has 0 bridgehead atoms. The molecule has 2 heterocycles. The van der Waals surface area contributed by atoms with E-state index in [-0.39, 0.29) is 0 Å². The van der Waals surface area contributed by atoms with Gasteiger partial charge in [0, 0.05) is 19.1 Å². The molecule has 0 aromatic heterocycles. The number of fused-ring (bicyclic) bond motifs is 1. The fourth-order valence-corrected chi connectivity index (χ4v) is 5.18. The topological polar surface area (TPSA) is 49.4 Å². The second-order valence-electron chi connectivity index (χ2n) is 6.03. The number of benzene rings is 1. The number of sulfonamides is 1. The van der Waals surface area contributed by atoms with Crippen molar-refractivity contribution in [3.63, 3.8) is 0 Å². The molecule has 2 unspecified atom stereocenters. The Morgan fingerprint density at radius 3 is 2.80 bits per heavy atom. The van der Waals surface area contributed by atoms with Gasteiger partial charge in [0.25, 0.3) is 0 Å². The van der Waals surface area contributed by atoms with Gasteiger partial charge in [-0.2, -0.15) is 4.31 Å². The molecule has 2 aliphatic rings. The van der Waals surface area contributed by atoms with Crippen molar-refractivity contribution < 1.29 is 8.42 Å². The maximum atomic E-state index is 12.8. The standard InChI is InChI=1S/C15H22N2O2S/c1-11-3-4-15(12(2)9-11)20(18,19)17-8-6-14-13(10-17)5-7-16-14/h3-4,9,13-14,16H,5-8,10H2,1-2H3. The first-order valence-corrected chi connectivity index (χ1v) is 8.73. The van der Waals surface area contributed by atoms with Crippen LogP contribution in [0.15, 0.2) is 23.1 Å². The maximum absolute atomic E-state index is 12.8. The van der Waals surface area contributed by atoms with Gasteiger partial charge < -0.3 is 5.32 Å². The van der Waals surface area contributed by atoms with Crippen LogP contribution in [0.4, 0.5) is 0 Å². The summed E-state index contributed by atoms with van der Waals surface area (Å²) in [5.41, 5.74) is 1.94. The van der Waals surface area contributed by atoms with Gasteiger partial charge in [-0.3, -0.25) is 0 Å². The van der Waals surface area contributed by atoms with Crippen LogP contribution in [-0.2, 0) is 10.0 Å². The van der Waals surface area contributed by atoms with Gasteiger partial charge in [0.05, 0.1) is 4.90 Å². The van der Waals surface area contributed by atoms with Crippen LogP contribution >= 0.6 is 0 Å². The first kappa shape index (κ1) is 14.0. The average molecular weight is 294 g/mol. The average Bonchev–Trinajstić information content (AvgIpc) is 2.85. The van der Waals surface area contributed by atoms with Gasteiger partial charge in [0.2, 0.25) is 10.0 Å². The molecular weight excluding hydrogens is 272 g/mol. The molecule has 2 fully saturated rings. The van der Waals surface area contributed by atoms with Crippen LogP contribution < -0.4 is 5.32 Å². The third-order valence-corrected chi connectivity index (χ3v) is 6.59. The molecule has 2 aliphatic heterocycles. The van der Waals surface area contributed by atoms with E-state index < -0.39 is 10.0 Å². The van der Waals surface area contributed by atoms with Gasteiger partial charge in [-0.15, -0.1) is 0 Å². The van der Waals surface area contributed by atoms with Crippen LogP contribution in [0.25, 0.3) is 0 Å². The monoisotopic (exact) mass is 294 g/mol. The quantitative estimate of drug-likeness (QED) is 0.903. The van der Waals surface area contributed by atoms with Crippen LogP contribution in [0.1, 0.15) is 24.0 Å². The number of nitrogens with zero attached hydrogens (tertiary/aromatic N) is 1. The van der Waals surface area contributed by atoms with E-state index in [9.17, 15) is 8.42 Å². The molecule has 3 rings (SSSR count). The van der Waals surface area contributed by atoms with Crippen LogP contribution in [0, 0.1) is 19.8 Å². The number of rotatable bonds is 2. The molecule has 1 aromatic carbocycles. The van der Waals surface area contributed by atoms with Crippen molar-refractivity contribution in [2.75, 3.05) is 19.6 Å². The van der Waals surface area contributed by atoms with Crippen molar-refractivity contribution >= 4 is 10.0 Å². The molecule has 5 heteroatoms. The first-order chi connectivity index (χ1) is 9.48. The highest BCUT2D eigenvalue weighted by Gasteiger charge is 2.37. The van der Waals surface area contributed by atoms with Gasteiger partial charge in [0.15, 0.2) is 0 Å². The minimum Gasteiger partial charge on any atom is -0.314 e. The van der Waals surface area contributed by atoms with Crippen molar-refractivity contribution in [3.8, 4) is 0 Å². The third kappa shape index (κ3) is 2.38. The summed E-state index contributed by atoms with van der Waals surface area (Å²) in [6.07, 6.45) is 2.01. The lowest BCUT2D eigenvalue weighted by Crippen LogP contribution is -2.46. The molecule has 1 aromatic rings. The second kappa shape index (κ2) is 5.13. The van der Waals surface area contributed by atoms with Gasteiger partial charge in [-0.25, -0.2) is 8.42 Å². The van der Waals surface area contributed by atoms with E-state index in [1.54, 1.807) is 10.4 Å². The SMILES string of the molecule is Cc1ccc(S(=O)(=O)N2CCC3NCCC3C2)c(C)c1. The smallest absolute Gasteiger partial charge is 0.243 e. The van der Waals surface area contributed by atoms with Gasteiger partial charge >= 0.3 is 0 Å². The summed E-state index contributed by atoms with van der Waals surface area (Å²) in [6.45, 7) is 6.17. The van der Waals surface area contributed by atoms with Crippen molar-refractivity contribution in [1.29, 1.82) is 0 Å². The molecule has 0 radical (unpaired) electrons. The van der Waals surface area contributed by atoms with Gasteiger partial charge in [-0.1, -0.05) is 17.7 Å². The Balaban J connectivity index is 1.88.